The molecular formula is C12H11BrN2O2S. The Labute approximate surface area is 117 Å². The van der Waals surface area contributed by atoms with Gasteiger partial charge in [-0.1, -0.05) is 39.3 Å². The van der Waals surface area contributed by atoms with E-state index in [4.69, 9.17) is 4.52 Å². The van der Waals surface area contributed by atoms with Crippen LogP contribution in [0.4, 0.5) is 5.88 Å². The zero-order valence-corrected chi connectivity index (χ0v) is 12.0. The number of amides is 1. The second-order valence-electron chi connectivity index (χ2n) is 3.54. The Morgan fingerprint density at radius 3 is 3.00 bits per heavy atom. The molecule has 0 radical (unpaired) electrons. The van der Waals surface area contributed by atoms with E-state index in [0.29, 0.717) is 17.3 Å². The van der Waals surface area contributed by atoms with Gasteiger partial charge in [-0.25, -0.2) is 0 Å². The normalized spacial score (nSPS) is 10.3. The van der Waals surface area contributed by atoms with Crippen LogP contribution in [0, 0.1) is 0 Å². The molecule has 6 heteroatoms. The summed E-state index contributed by atoms with van der Waals surface area (Å²) in [6, 6.07) is 9.40. The van der Waals surface area contributed by atoms with Gasteiger partial charge >= 0.3 is 0 Å². The van der Waals surface area contributed by atoms with Gasteiger partial charge in [-0.3, -0.25) is 10.1 Å². The molecule has 0 saturated heterocycles. The van der Waals surface area contributed by atoms with E-state index in [1.807, 2.05) is 30.5 Å². The molecule has 4 nitrogen and oxygen atoms in total. The summed E-state index contributed by atoms with van der Waals surface area (Å²) in [7, 11) is 0. The highest BCUT2D eigenvalue weighted by Crippen LogP contribution is 2.28. The van der Waals surface area contributed by atoms with Crippen molar-refractivity contribution in [2.24, 2.45) is 0 Å². The first kappa shape index (κ1) is 13.2. The van der Waals surface area contributed by atoms with Gasteiger partial charge < -0.3 is 4.52 Å². The van der Waals surface area contributed by atoms with Crippen molar-refractivity contribution in [1.82, 2.24) is 5.16 Å². The van der Waals surface area contributed by atoms with Crippen molar-refractivity contribution in [3.05, 3.63) is 34.8 Å². The molecule has 0 saturated carbocycles. The molecule has 0 aliphatic carbocycles. The molecule has 1 N–H and O–H groups in total. The predicted molar refractivity (Wildman–Crippen MR) is 76.7 cm³/mol. The van der Waals surface area contributed by atoms with Crippen molar-refractivity contribution in [2.75, 3.05) is 17.3 Å². The van der Waals surface area contributed by atoms with Crippen molar-refractivity contribution in [3.8, 4) is 11.3 Å². The lowest BCUT2D eigenvalue weighted by molar-refractivity contribution is -0.113. The third-order valence-electron chi connectivity index (χ3n) is 2.20. The molecule has 1 aromatic carbocycles. The first-order valence-corrected chi connectivity index (χ1v) is 7.40. The second kappa shape index (κ2) is 6.06. The number of nitrogens with one attached hydrogen (secondary N) is 1. The predicted octanol–water partition coefficient (Wildman–Crippen LogP) is 3.41. The van der Waals surface area contributed by atoms with Gasteiger partial charge in [0.25, 0.3) is 0 Å². The molecule has 1 heterocycles. The van der Waals surface area contributed by atoms with Gasteiger partial charge in [-0.2, -0.15) is 11.8 Å². The molecule has 0 bridgehead atoms. The average Bonchev–Trinajstić information content (AvgIpc) is 2.78. The second-order valence-corrected chi connectivity index (χ2v) is 5.26. The largest absolute Gasteiger partial charge is 0.338 e. The third-order valence-corrected chi connectivity index (χ3v) is 3.44. The summed E-state index contributed by atoms with van der Waals surface area (Å²) in [6.45, 7) is 0. The van der Waals surface area contributed by atoms with Crippen LogP contribution in [0.1, 0.15) is 0 Å². The summed E-state index contributed by atoms with van der Waals surface area (Å²) in [5.41, 5.74) is 1.61. The molecule has 18 heavy (non-hydrogen) atoms. The lowest BCUT2D eigenvalue weighted by Crippen LogP contribution is -2.12. The Balaban J connectivity index is 2.16. The summed E-state index contributed by atoms with van der Waals surface area (Å²) in [5.74, 6) is 0.655. The Kier molecular flexibility index (Phi) is 4.43. The van der Waals surface area contributed by atoms with Crippen molar-refractivity contribution >= 4 is 39.5 Å². The van der Waals surface area contributed by atoms with Crippen LogP contribution in [0.2, 0.25) is 0 Å². The van der Waals surface area contributed by atoms with E-state index < -0.39 is 0 Å². The number of halogens is 1. The van der Waals surface area contributed by atoms with E-state index in [0.717, 1.165) is 10.0 Å². The maximum absolute atomic E-state index is 11.4. The maximum atomic E-state index is 11.4. The molecule has 1 amide bonds. The monoisotopic (exact) mass is 326 g/mol. The Morgan fingerprint density at radius 2 is 2.28 bits per heavy atom. The zero-order chi connectivity index (χ0) is 13.0. The number of hydrogen-bond donors (Lipinski definition) is 1. The lowest BCUT2D eigenvalue weighted by Gasteiger charge is -1.98. The number of nitrogens with zero attached hydrogens (tertiary/aromatic N) is 1. The first-order valence-electron chi connectivity index (χ1n) is 5.21. The standard InChI is InChI=1S/C12H11BrN2O2S/c1-18-7-11(16)14-12-6-10(15-17-12)8-4-2-3-5-9(8)13/h2-6H,7H2,1H3,(H,14,16). The minimum Gasteiger partial charge on any atom is -0.338 e. The molecule has 0 atom stereocenters. The number of aromatic nitrogens is 1. The van der Waals surface area contributed by atoms with E-state index in [9.17, 15) is 4.79 Å². The minimum atomic E-state index is -0.0997. The molecule has 0 aliphatic rings. The molecule has 0 unspecified atom stereocenters. The minimum absolute atomic E-state index is 0.0997. The topological polar surface area (TPSA) is 55.1 Å². The molecule has 0 spiro atoms. The van der Waals surface area contributed by atoms with Crippen LogP contribution in [0.5, 0.6) is 0 Å². The lowest BCUT2D eigenvalue weighted by atomic mass is 10.1. The number of carbonyl (C=O) groups excluding carboxylic acids is 1. The van der Waals surface area contributed by atoms with E-state index >= 15 is 0 Å². The van der Waals surface area contributed by atoms with Crippen LogP contribution in [-0.2, 0) is 4.79 Å². The molecule has 1 aromatic heterocycles. The highest BCUT2D eigenvalue weighted by molar-refractivity contribution is 9.10. The molecule has 94 valence electrons. The summed E-state index contributed by atoms with van der Waals surface area (Å²) in [5, 5.41) is 6.58. The number of thioether (sulfide) groups is 1. The third kappa shape index (κ3) is 3.14. The van der Waals surface area contributed by atoms with Gasteiger partial charge in [0, 0.05) is 16.1 Å². The van der Waals surface area contributed by atoms with E-state index in [1.165, 1.54) is 11.8 Å². The highest BCUT2D eigenvalue weighted by atomic mass is 79.9. The van der Waals surface area contributed by atoms with E-state index in [2.05, 4.69) is 26.4 Å². The van der Waals surface area contributed by atoms with Crippen LogP contribution in [0.15, 0.2) is 39.3 Å². The highest BCUT2D eigenvalue weighted by Gasteiger charge is 2.10. The van der Waals surface area contributed by atoms with Crippen molar-refractivity contribution < 1.29 is 9.32 Å². The summed E-state index contributed by atoms with van der Waals surface area (Å²) >= 11 is 4.90. The molecule has 0 fully saturated rings. The molecule has 2 rings (SSSR count). The van der Waals surface area contributed by atoms with E-state index in [-0.39, 0.29) is 5.91 Å². The van der Waals surface area contributed by atoms with Gasteiger partial charge in [0.05, 0.1) is 5.75 Å². The van der Waals surface area contributed by atoms with Crippen molar-refractivity contribution in [2.45, 2.75) is 0 Å². The molecule has 0 aliphatic heterocycles. The van der Waals surface area contributed by atoms with Crippen LogP contribution >= 0.6 is 27.7 Å². The van der Waals surface area contributed by atoms with Crippen LogP contribution in [-0.4, -0.2) is 23.1 Å². The fraction of sp³-hybridized carbons (Fsp3) is 0.167. The van der Waals surface area contributed by atoms with Crippen LogP contribution in [0.25, 0.3) is 11.3 Å². The van der Waals surface area contributed by atoms with Crippen molar-refractivity contribution in [3.63, 3.8) is 0 Å². The van der Waals surface area contributed by atoms with E-state index in [1.54, 1.807) is 6.07 Å². The average molecular weight is 327 g/mol. The van der Waals surface area contributed by atoms with Crippen LogP contribution in [0.3, 0.4) is 0 Å². The summed E-state index contributed by atoms with van der Waals surface area (Å²) in [6.07, 6.45) is 1.87. The number of benzene rings is 1. The fourth-order valence-corrected chi connectivity index (χ4v) is 2.26. The van der Waals surface area contributed by atoms with Gasteiger partial charge in [0.2, 0.25) is 11.8 Å². The SMILES string of the molecule is CSCC(=O)Nc1cc(-c2ccccc2Br)no1. The number of anilines is 1. The van der Waals surface area contributed by atoms with Crippen molar-refractivity contribution in [1.29, 1.82) is 0 Å². The van der Waals surface area contributed by atoms with Gasteiger partial charge in [0.15, 0.2) is 0 Å². The number of rotatable bonds is 4. The van der Waals surface area contributed by atoms with Gasteiger partial charge in [0.1, 0.15) is 5.69 Å². The summed E-state index contributed by atoms with van der Waals surface area (Å²) in [4.78, 5) is 11.4. The first-order chi connectivity index (χ1) is 8.70. The maximum Gasteiger partial charge on any atom is 0.236 e. The number of hydrogen-bond acceptors (Lipinski definition) is 4. The molecule has 2 aromatic rings. The zero-order valence-electron chi connectivity index (χ0n) is 9.64. The Bertz CT molecular complexity index is 557. The van der Waals surface area contributed by atoms with Gasteiger partial charge in [-0.15, -0.1) is 0 Å². The quantitative estimate of drug-likeness (QED) is 0.935. The van der Waals surface area contributed by atoms with Gasteiger partial charge in [-0.05, 0) is 12.3 Å². The smallest absolute Gasteiger partial charge is 0.236 e. The summed E-state index contributed by atoms with van der Waals surface area (Å²) < 4.78 is 6.01. The van der Waals surface area contributed by atoms with Crippen LogP contribution < -0.4 is 5.32 Å². The Hall–Kier alpha value is -1.27. The molecular weight excluding hydrogens is 316 g/mol. The number of carbonyl (C=O) groups is 1. The Morgan fingerprint density at radius 1 is 1.50 bits per heavy atom. The fourth-order valence-electron chi connectivity index (χ4n) is 1.43.